The molecule has 1 heterocycles. The van der Waals surface area contributed by atoms with Gasteiger partial charge in [-0.25, -0.2) is 4.79 Å². The van der Waals surface area contributed by atoms with Crippen LogP contribution in [0.3, 0.4) is 0 Å². The molecule has 0 saturated carbocycles. The molecule has 4 heteroatoms. The molecule has 138 valence electrons. The highest BCUT2D eigenvalue weighted by Gasteiger charge is 2.37. The first-order chi connectivity index (χ1) is 11.7. The molecule has 0 bridgehead atoms. The average molecular weight is 346 g/mol. The van der Waals surface area contributed by atoms with Gasteiger partial charge in [-0.3, -0.25) is 0 Å². The lowest BCUT2D eigenvalue weighted by molar-refractivity contribution is -0.144. The molecule has 0 aromatic heterocycles. The Hall–Kier alpha value is -1.65. The van der Waals surface area contributed by atoms with Crippen molar-refractivity contribution in [3.05, 3.63) is 47.6 Å². The van der Waals surface area contributed by atoms with Crippen molar-refractivity contribution in [3.63, 3.8) is 0 Å². The Morgan fingerprint density at radius 2 is 2.12 bits per heavy atom. The Morgan fingerprint density at radius 1 is 1.40 bits per heavy atom. The minimum Gasteiger partial charge on any atom is -0.462 e. The highest BCUT2D eigenvalue weighted by Crippen LogP contribution is 2.38. The second-order valence-electron chi connectivity index (χ2n) is 7.58. The number of cyclic esters (lactones) is 1. The standard InChI is InChI=1S/C21H30O4/c1-14-8-9-17-18(7-6-10-21(3,4)24-5)20(23)25-13-19(17)15(2)12-16(22)11-14/h6-7,10-11,16-17,19,22H,2,8-9,12-13H2,1,3-5H3. The predicted octanol–water partition coefficient (Wildman–Crippen LogP) is 3.73. The van der Waals surface area contributed by atoms with Crippen LogP contribution in [-0.4, -0.2) is 36.5 Å². The van der Waals surface area contributed by atoms with Crippen molar-refractivity contribution in [2.45, 2.75) is 51.7 Å². The van der Waals surface area contributed by atoms with E-state index in [9.17, 15) is 9.90 Å². The van der Waals surface area contributed by atoms with Crippen molar-refractivity contribution >= 4 is 5.97 Å². The maximum Gasteiger partial charge on any atom is 0.334 e. The van der Waals surface area contributed by atoms with E-state index in [1.54, 1.807) is 7.11 Å². The molecule has 0 amide bonds. The predicted molar refractivity (Wildman–Crippen MR) is 99.0 cm³/mol. The third-order valence-corrected chi connectivity index (χ3v) is 5.14. The minimum absolute atomic E-state index is 0.0572. The van der Waals surface area contributed by atoms with Gasteiger partial charge in [0.05, 0.1) is 18.3 Å². The van der Waals surface area contributed by atoms with Crippen molar-refractivity contribution in [2.24, 2.45) is 11.8 Å². The van der Waals surface area contributed by atoms with Gasteiger partial charge in [0, 0.05) is 24.5 Å². The van der Waals surface area contributed by atoms with Gasteiger partial charge >= 0.3 is 5.97 Å². The first-order valence-corrected chi connectivity index (χ1v) is 8.88. The Labute approximate surface area is 150 Å². The molecular formula is C21H30O4. The van der Waals surface area contributed by atoms with E-state index in [2.05, 4.69) is 6.58 Å². The fourth-order valence-corrected chi connectivity index (χ4v) is 3.41. The lowest BCUT2D eigenvalue weighted by atomic mass is 9.76. The van der Waals surface area contributed by atoms with Crippen LogP contribution >= 0.6 is 0 Å². The van der Waals surface area contributed by atoms with Crippen molar-refractivity contribution in [1.82, 2.24) is 0 Å². The number of esters is 1. The van der Waals surface area contributed by atoms with Gasteiger partial charge in [-0.1, -0.05) is 42.0 Å². The van der Waals surface area contributed by atoms with Crippen LogP contribution in [0.5, 0.6) is 0 Å². The number of hydrogen-bond acceptors (Lipinski definition) is 4. The van der Waals surface area contributed by atoms with Crippen molar-refractivity contribution in [3.8, 4) is 0 Å². The number of ether oxygens (including phenoxy) is 2. The van der Waals surface area contributed by atoms with E-state index in [0.717, 1.165) is 24.0 Å². The first kappa shape index (κ1) is 19.7. The molecule has 1 fully saturated rings. The summed E-state index contributed by atoms with van der Waals surface area (Å²) in [7, 11) is 1.66. The zero-order chi connectivity index (χ0) is 18.6. The lowest BCUT2D eigenvalue weighted by Crippen LogP contribution is -2.34. The summed E-state index contributed by atoms with van der Waals surface area (Å²) in [5, 5.41) is 10.2. The molecule has 0 aromatic carbocycles. The summed E-state index contributed by atoms with van der Waals surface area (Å²) in [5.74, 6) is -0.130. The summed E-state index contributed by atoms with van der Waals surface area (Å²) < 4.78 is 10.8. The van der Waals surface area contributed by atoms with Crippen molar-refractivity contribution in [2.75, 3.05) is 13.7 Å². The van der Waals surface area contributed by atoms with Crippen LogP contribution in [0.15, 0.2) is 47.6 Å². The summed E-state index contributed by atoms with van der Waals surface area (Å²) in [4.78, 5) is 12.4. The fourth-order valence-electron chi connectivity index (χ4n) is 3.41. The topological polar surface area (TPSA) is 55.8 Å². The summed E-state index contributed by atoms with van der Waals surface area (Å²) >= 11 is 0. The summed E-state index contributed by atoms with van der Waals surface area (Å²) in [6.45, 7) is 10.5. The van der Waals surface area contributed by atoms with Gasteiger partial charge in [0.15, 0.2) is 0 Å². The quantitative estimate of drug-likeness (QED) is 0.481. The SMILES string of the molecule is C=C1CC(O)C=C(C)CCC2C(=CC=CC(C)(C)OC)C(=O)OCC12. The van der Waals surface area contributed by atoms with Crippen LogP contribution in [0.1, 0.15) is 40.0 Å². The largest absolute Gasteiger partial charge is 0.462 e. The van der Waals surface area contributed by atoms with E-state index >= 15 is 0 Å². The second-order valence-corrected chi connectivity index (χ2v) is 7.58. The lowest BCUT2D eigenvalue weighted by Gasteiger charge is -2.34. The molecule has 3 unspecified atom stereocenters. The fraction of sp³-hybridized carbons (Fsp3) is 0.571. The van der Waals surface area contributed by atoms with Gasteiger partial charge in [-0.05, 0) is 40.0 Å². The van der Waals surface area contributed by atoms with E-state index in [0.29, 0.717) is 18.6 Å². The number of hydrogen-bond donors (Lipinski definition) is 1. The summed E-state index contributed by atoms with van der Waals surface area (Å²) in [6, 6.07) is 0. The van der Waals surface area contributed by atoms with Gasteiger partial charge in [-0.15, -0.1) is 0 Å². The van der Waals surface area contributed by atoms with Crippen LogP contribution in [0.2, 0.25) is 0 Å². The molecule has 2 aliphatic rings. The molecule has 1 aliphatic heterocycles. The Kier molecular flexibility index (Phi) is 6.42. The first-order valence-electron chi connectivity index (χ1n) is 8.88. The number of aliphatic hydroxyl groups excluding tert-OH is 1. The van der Waals surface area contributed by atoms with Gasteiger partial charge in [-0.2, -0.15) is 0 Å². The molecule has 3 atom stereocenters. The highest BCUT2D eigenvalue weighted by atomic mass is 16.5. The average Bonchev–Trinajstić information content (AvgIpc) is 2.58. The van der Waals surface area contributed by atoms with E-state index in [-0.39, 0.29) is 23.4 Å². The summed E-state index contributed by atoms with van der Waals surface area (Å²) in [5.41, 5.74) is 2.39. The monoisotopic (exact) mass is 346 g/mol. The summed E-state index contributed by atoms with van der Waals surface area (Å²) in [6.07, 6.45) is 9.24. The third kappa shape index (κ3) is 5.16. The number of rotatable bonds is 3. The van der Waals surface area contributed by atoms with Gasteiger partial charge in [0.1, 0.15) is 0 Å². The maximum atomic E-state index is 12.4. The van der Waals surface area contributed by atoms with E-state index in [4.69, 9.17) is 9.47 Å². The number of fused-ring (bicyclic) bond motifs is 1. The molecule has 0 aromatic rings. The number of carbonyl (C=O) groups excluding carboxylic acids is 1. The molecule has 1 N–H and O–H groups in total. The highest BCUT2D eigenvalue weighted by molar-refractivity contribution is 5.90. The van der Waals surface area contributed by atoms with Crippen LogP contribution in [0, 0.1) is 11.8 Å². The van der Waals surface area contributed by atoms with E-state index in [1.165, 1.54) is 0 Å². The van der Waals surface area contributed by atoms with Gasteiger partial charge < -0.3 is 14.6 Å². The molecular weight excluding hydrogens is 316 g/mol. The van der Waals surface area contributed by atoms with Gasteiger partial charge in [0.2, 0.25) is 0 Å². The molecule has 1 aliphatic carbocycles. The van der Waals surface area contributed by atoms with Crippen LogP contribution in [-0.2, 0) is 14.3 Å². The minimum atomic E-state index is -0.515. The zero-order valence-electron chi connectivity index (χ0n) is 15.7. The van der Waals surface area contributed by atoms with Crippen LogP contribution < -0.4 is 0 Å². The molecule has 4 nitrogen and oxygen atoms in total. The zero-order valence-corrected chi connectivity index (χ0v) is 15.7. The number of methoxy groups -OCH3 is 1. The Morgan fingerprint density at radius 3 is 2.80 bits per heavy atom. The van der Waals surface area contributed by atoms with Crippen LogP contribution in [0.4, 0.5) is 0 Å². The van der Waals surface area contributed by atoms with Crippen molar-refractivity contribution < 1.29 is 19.4 Å². The number of carbonyl (C=O) groups is 1. The molecule has 1 saturated heterocycles. The number of allylic oxidation sites excluding steroid dienone is 3. The van der Waals surface area contributed by atoms with Crippen molar-refractivity contribution in [1.29, 1.82) is 0 Å². The number of aliphatic hydroxyl groups is 1. The molecule has 0 spiro atoms. The Bertz CT molecular complexity index is 609. The maximum absolute atomic E-state index is 12.4. The molecule has 2 rings (SSSR count). The third-order valence-electron chi connectivity index (χ3n) is 5.14. The van der Waals surface area contributed by atoms with Crippen LogP contribution in [0.25, 0.3) is 0 Å². The normalized spacial score (nSPS) is 30.4. The van der Waals surface area contributed by atoms with E-state index < -0.39 is 6.10 Å². The van der Waals surface area contributed by atoms with E-state index in [1.807, 2.05) is 45.1 Å². The molecule has 25 heavy (non-hydrogen) atoms. The Balaban J connectivity index is 2.31. The second kappa shape index (κ2) is 8.15. The molecule has 0 radical (unpaired) electrons. The van der Waals surface area contributed by atoms with Gasteiger partial charge in [0.25, 0.3) is 0 Å². The smallest absolute Gasteiger partial charge is 0.334 e.